The third kappa shape index (κ3) is 34.0. The van der Waals surface area contributed by atoms with Crippen molar-refractivity contribution >= 4 is 16.0 Å². The van der Waals surface area contributed by atoms with Crippen molar-refractivity contribution in [3.63, 3.8) is 0 Å². The van der Waals surface area contributed by atoms with Gasteiger partial charge in [-0.3, -0.25) is 9.35 Å². The molecule has 266 valence electrons. The lowest BCUT2D eigenvalue weighted by Gasteiger charge is -2.23. The molecule has 0 heterocycles. The van der Waals surface area contributed by atoms with Crippen molar-refractivity contribution < 1.29 is 22.9 Å². The first-order valence-electron chi connectivity index (χ1n) is 19.0. The highest BCUT2D eigenvalue weighted by molar-refractivity contribution is 7.85. The maximum absolute atomic E-state index is 12.4. The maximum Gasteiger partial charge on any atom is 0.266 e. The number of aliphatic hydroxyl groups excluding tert-OH is 1. The van der Waals surface area contributed by atoms with E-state index in [9.17, 15) is 22.9 Å². The molecule has 0 aromatic rings. The Morgan fingerprint density at radius 1 is 0.600 bits per heavy atom. The van der Waals surface area contributed by atoms with Crippen molar-refractivity contribution in [1.29, 1.82) is 0 Å². The van der Waals surface area contributed by atoms with Crippen LogP contribution in [-0.2, 0) is 14.9 Å². The molecule has 0 bridgehead atoms. The average molecular weight is 656 g/mol. The molecule has 0 spiro atoms. The summed E-state index contributed by atoms with van der Waals surface area (Å²) in [5.74, 6) is -0.900. The molecule has 0 saturated heterocycles. The average Bonchev–Trinajstić information content (AvgIpc) is 3.00. The molecule has 45 heavy (non-hydrogen) atoms. The molecule has 7 heteroatoms. The second-order valence-electron chi connectivity index (χ2n) is 13.2. The summed E-state index contributed by atoms with van der Waals surface area (Å²) in [5.41, 5.74) is 0. The van der Waals surface area contributed by atoms with Crippen molar-refractivity contribution in [2.24, 2.45) is 0 Å². The first kappa shape index (κ1) is 43.8. The molecule has 0 aliphatic heterocycles. The van der Waals surface area contributed by atoms with Crippen molar-refractivity contribution in [2.45, 2.75) is 206 Å². The maximum atomic E-state index is 12.4. The predicted molar refractivity (Wildman–Crippen MR) is 193 cm³/mol. The minimum Gasteiger partial charge on any atom is -0.391 e. The van der Waals surface area contributed by atoms with E-state index >= 15 is 0 Å². The second-order valence-corrected chi connectivity index (χ2v) is 14.7. The number of allylic oxidation sites excluding steroid dienone is 4. The monoisotopic (exact) mass is 656 g/mol. The van der Waals surface area contributed by atoms with Crippen molar-refractivity contribution in [3.05, 3.63) is 24.3 Å². The number of nitrogens with one attached hydrogen (secondary N) is 1. The number of amides is 1. The summed E-state index contributed by atoms with van der Waals surface area (Å²) in [6, 6.07) is -0.967. The van der Waals surface area contributed by atoms with Gasteiger partial charge in [-0.1, -0.05) is 167 Å². The van der Waals surface area contributed by atoms with Gasteiger partial charge in [0.05, 0.1) is 17.9 Å². The number of hydrogen-bond acceptors (Lipinski definition) is 4. The lowest BCUT2D eigenvalue weighted by Crippen LogP contribution is -2.47. The van der Waals surface area contributed by atoms with Gasteiger partial charge in [-0.15, -0.1) is 0 Å². The van der Waals surface area contributed by atoms with Crippen molar-refractivity contribution in [1.82, 2.24) is 5.32 Å². The zero-order valence-electron chi connectivity index (χ0n) is 29.5. The Balaban J connectivity index is 3.74. The Morgan fingerprint density at radius 2 is 1.00 bits per heavy atom. The van der Waals surface area contributed by atoms with E-state index in [-0.39, 0.29) is 5.91 Å². The van der Waals surface area contributed by atoms with Gasteiger partial charge in [-0.25, -0.2) is 0 Å². The van der Waals surface area contributed by atoms with Crippen LogP contribution in [0.15, 0.2) is 24.3 Å². The highest BCUT2D eigenvalue weighted by atomic mass is 32.2. The largest absolute Gasteiger partial charge is 0.391 e. The van der Waals surface area contributed by atoms with Gasteiger partial charge in [-0.2, -0.15) is 8.42 Å². The van der Waals surface area contributed by atoms with E-state index in [1.807, 2.05) is 0 Å². The Labute approximate surface area is 279 Å². The van der Waals surface area contributed by atoms with Crippen LogP contribution in [0.2, 0.25) is 0 Å². The van der Waals surface area contributed by atoms with Crippen LogP contribution < -0.4 is 5.32 Å². The zero-order chi connectivity index (χ0) is 33.3. The van der Waals surface area contributed by atoms with Crippen LogP contribution >= 0.6 is 0 Å². The van der Waals surface area contributed by atoms with Crippen LogP contribution in [0.1, 0.15) is 194 Å². The molecule has 0 radical (unpaired) electrons. The highest BCUT2D eigenvalue weighted by Crippen LogP contribution is 2.15. The molecule has 0 saturated carbocycles. The van der Waals surface area contributed by atoms with E-state index < -0.39 is 28.0 Å². The predicted octanol–water partition coefficient (Wildman–Crippen LogP) is 10.8. The minimum atomic E-state index is -4.30. The first-order chi connectivity index (χ1) is 21.8. The molecule has 2 unspecified atom stereocenters. The van der Waals surface area contributed by atoms with Crippen LogP contribution in [0.5, 0.6) is 0 Å². The van der Waals surface area contributed by atoms with Crippen LogP contribution in [0.25, 0.3) is 0 Å². The van der Waals surface area contributed by atoms with Gasteiger partial charge in [0.25, 0.3) is 10.1 Å². The fourth-order valence-electron chi connectivity index (χ4n) is 5.78. The van der Waals surface area contributed by atoms with Gasteiger partial charge in [0, 0.05) is 6.42 Å². The van der Waals surface area contributed by atoms with Crippen LogP contribution in [0.3, 0.4) is 0 Å². The number of hydrogen-bond donors (Lipinski definition) is 3. The Kier molecular flexibility index (Phi) is 31.9. The number of unbranched alkanes of at least 4 members (excludes halogenated alkanes) is 22. The molecule has 0 aromatic carbocycles. The molecule has 0 aliphatic rings. The third-order valence-electron chi connectivity index (χ3n) is 8.66. The van der Waals surface area contributed by atoms with E-state index in [0.717, 1.165) is 44.9 Å². The zero-order valence-corrected chi connectivity index (χ0v) is 30.3. The molecule has 0 aliphatic carbocycles. The van der Waals surface area contributed by atoms with Gasteiger partial charge in [0.1, 0.15) is 0 Å². The molecule has 6 nitrogen and oxygen atoms in total. The fourth-order valence-corrected chi connectivity index (χ4v) is 6.54. The Hall–Kier alpha value is -1.18. The summed E-state index contributed by atoms with van der Waals surface area (Å²) in [7, 11) is -4.30. The summed E-state index contributed by atoms with van der Waals surface area (Å²) in [5, 5.41) is 13.2. The number of aliphatic hydroxyl groups is 1. The third-order valence-corrected chi connectivity index (χ3v) is 9.44. The lowest BCUT2D eigenvalue weighted by atomic mass is 10.0. The molecular weight excluding hydrogens is 582 g/mol. The SMILES string of the molecule is CCCCCCC/C=C\C/C=C\CCCCCCCCCCCCCC(=O)NC(CS(=O)(=O)O)C(O)CCCCCCCCC. The summed E-state index contributed by atoms with van der Waals surface area (Å²) < 4.78 is 32.2. The summed E-state index contributed by atoms with van der Waals surface area (Å²) in [4.78, 5) is 12.4. The summed E-state index contributed by atoms with van der Waals surface area (Å²) in [6.45, 7) is 4.44. The minimum absolute atomic E-state index is 0.252. The van der Waals surface area contributed by atoms with Crippen molar-refractivity contribution in [3.8, 4) is 0 Å². The van der Waals surface area contributed by atoms with E-state index in [1.165, 1.54) is 122 Å². The molecule has 0 rings (SSSR count). The van der Waals surface area contributed by atoms with Crippen LogP contribution in [0.4, 0.5) is 0 Å². The first-order valence-corrected chi connectivity index (χ1v) is 20.6. The molecule has 0 fully saturated rings. The standard InChI is InChI=1S/C38H73NO5S/c1-3-5-7-9-11-12-13-14-15-16-17-18-19-20-21-22-23-24-25-26-28-30-32-34-38(41)39-36(35-45(42,43)44)37(40)33-31-29-27-10-8-6-4-2/h13-14,16-17,36-37,40H,3-12,15,18-35H2,1-2H3,(H,39,41)(H,42,43,44)/b14-13-,17-16-. The van der Waals surface area contributed by atoms with Gasteiger partial charge in [-0.05, 0) is 44.9 Å². The topological polar surface area (TPSA) is 104 Å². The fraction of sp³-hybridized carbons (Fsp3) is 0.868. The van der Waals surface area contributed by atoms with E-state index in [1.54, 1.807) is 0 Å². The molecular formula is C38H73NO5S. The number of carbonyl (C=O) groups excluding carboxylic acids is 1. The second kappa shape index (κ2) is 32.7. The molecule has 1 amide bonds. The van der Waals surface area contributed by atoms with Crippen LogP contribution in [0, 0.1) is 0 Å². The summed E-state index contributed by atoms with van der Waals surface area (Å²) in [6.07, 6.45) is 40.1. The molecule has 3 N–H and O–H groups in total. The Morgan fingerprint density at radius 3 is 1.44 bits per heavy atom. The highest BCUT2D eigenvalue weighted by Gasteiger charge is 2.26. The normalized spacial score (nSPS) is 13.6. The van der Waals surface area contributed by atoms with Gasteiger partial charge in [0.2, 0.25) is 5.91 Å². The van der Waals surface area contributed by atoms with E-state index in [4.69, 9.17) is 0 Å². The van der Waals surface area contributed by atoms with Gasteiger partial charge in [0.15, 0.2) is 0 Å². The smallest absolute Gasteiger partial charge is 0.266 e. The van der Waals surface area contributed by atoms with E-state index in [0.29, 0.717) is 12.8 Å². The quantitative estimate of drug-likeness (QED) is 0.0363. The Bertz CT molecular complexity index is 811. The molecule has 2 atom stereocenters. The summed E-state index contributed by atoms with van der Waals surface area (Å²) >= 11 is 0. The molecule has 0 aromatic heterocycles. The number of carbonyl (C=O) groups is 1. The number of rotatable bonds is 34. The van der Waals surface area contributed by atoms with Gasteiger partial charge >= 0.3 is 0 Å². The van der Waals surface area contributed by atoms with Crippen molar-refractivity contribution in [2.75, 3.05) is 5.75 Å². The van der Waals surface area contributed by atoms with Gasteiger partial charge < -0.3 is 10.4 Å². The van der Waals surface area contributed by atoms with Crippen LogP contribution in [-0.4, -0.2) is 41.9 Å². The lowest BCUT2D eigenvalue weighted by molar-refractivity contribution is -0.122. The van der Waals surface area contributed by atoms with E-state index in [2.05, 4.69) is 43.5 Å².